The predicted octanol–water partition coefficient (Wildman–Crippen LogP) is 4.69. The Bertz CT molecular complexity index is 241. The quantitative estimate of drug-likeness (QED) is 0.454. The van der Waals surface area contributed by atoms with Gasteiger partial charge >= 0.3 is 7.60 Å². The van der Waals surface area contributed by atoms with Crippen molar-refractivity contribution in [3.8, 4) is 0 Å². The van der Waals surface area contributed by atoms with Crippen LogP contribution in [0.4, 0.5) is 0 Å². The molecule has 17 heavy (non-hydrogen) atoms. The zero-order valence-electron chi connectivity index (χ0n) is 12.3. The Hall–Kier alpha value is 0.367. The first kappa shape index (κ1) is 17.4. The largest absolute Gasteiger partial charge is 0.331 e. The molecular formula is C12H29O3PSi. The Balaban J connectivity index is 5.00. The molecule has 0 N–H and O–H groups in total. The van der Waals surface area contributed by atoms with E-state index >= 15 is 0 Å². The lowest BCUT2D eigenvalue weighted by molar-refractivity contribution is 0.216. The Labute approximate surface area is 108 Å². The molecule has 1 atom stereocenters. The van der Waals surface area contributed by atoms with Gasteiger partial charge in [-0.15, -0.1) is 0 Å². The fourth-order valence-corrected chi connectivity index (χ4v) is 9.01. The maximum Gasteiger partial charge on any atom is 0.331 e. The van der Waals surface area contributed by atoms with Crippen LogP contribution in [-0.4, -0.2) is 26.6 Å². The van der Waals surface area contributed by atoms with Crippen molar-refractivity contribution in [3.05, 3.63) is 0 Å². The summed E-state index contributed by atoms with van der Waals surface area (Å²) in [6, 6.07) is 0. The maximum atomic E-state index is 12.9. The molecule has 0 heterocycles. The highest BCUT2D eigenvalue weighted by Crippen LogP contribution is 2.57. The maximum absolute atomic E-state index is 12.9. The third kappa shape index (κ3) is 5.69. The zero-order valence-corrected chi connectivity index (χ0v) is 14.2. The van der Waals surface area contributed by atoms with Crippen molar-refractivity contribution in [2.24, 2.45) is 0 Å². The van der Waals surface area contributed by atoms with Gasteiger partial charge in [0.1, 0.15) is 0 Å². The van der Waals surface area contributed by atoms with Gasteiger partial charge in [-0.1, -0.05) is 39.4 Å². The van der Waals surface area contributed by atoms with E-state index in [1.165, 1.54) is 0 Å². The first-order valence-electron chi connectivity index (χ1n) is 6.70. The van der Waals surface area contributed by atoms with Crippen molar-refractivity contribution in [2.45, 2.75) is 65.0 Å². The summed E-state index contributed by atoms with van der Waals surface area (Å²) >= 11 is 0. The average molecular weight is 280 g/mol. The van der Waals surface area contributed by atoms with Gasteiger partial charge in [-0.25, -0.2) is 0 Å². The summed E-state index contributed by atoms with van der Waals surface area (Å²) in [4.78, 5) is 0. The van der Waals surface area contributed by atoms with E-state index in [1.807, 2.05) is 13.8 Å². The summed E-state index contributed by atoms with van der Waals surface area (Å²) in [6.45, 7) is 13.6. The highest BCUT2D eigenvalue weighted by molar-refractivity contribution is 7.58. The first-order chi connectivity index (χ1) is 7.81. The molecule has 0 saturated carbocycles. The fraction of sp³-hybridized carbons (Fsp3) is 1.00. The van der Waals surface area contributed by atoms with Gasteiger partial charge in [0, 0.05) is 0 Å². The Kier molecular flexibility index (Phi) is 7.89. The van der Waals surface area contributed by atoms with Gasteiger partial charge in [0.15, 0.2) is 0 Å². The summed E-state index contributed by atoms with van der Waals surface area (Å²) in [6.07, 6.45) is 3.18. The lowest BCUT2D eigenvalue weighted by Gasteiger charge is -2.34. The third-order valence-corrected chi connectivity index (χ3v) is 10.6. The Morgan fingerprint density at radius 1 is 1.06 bits per heavy atom. The van der Waals surface area contributed by atoms with Crippen molar-refractivity contribution in [2.75, 3.05) is 13.2 Å². The van der Waals surface area contributed by atoms with Crippen molar-refractivity contribution < 1.29 is 13.6 Å². The van der Waals surface area contributed by atoms with E-state index in [0.717, 1.165) is 19.3 Å². The number of hydrogen-bond donors (Lipinski definition) is 0. The van der Waals surface area contributed by atoms with Gasteiger partial charge < -0.3 is 9.05 Å². The van der Waals surface area contributed by atoms with Crippen LogP contribution in [0.15, 0.2) is 0 Å². The SMILES string of the molecule is CCCCC([Si](C)(C)C)P(=O)(OCC)OCC. The Morgan fingerprint density at radius 3 is 1.82 bits per heavy atom. The normalized spacial score (nSPS) is 14.9. The van der Waals surface area contributed by atoms with Crippen molar-refractivity contribution in [3.63, 3.8) is 0 Å². The summed E-state index contributed by atoms with van der Waals surface area (Å²) in [5, 5.41) is 0.120. The molecule has 0 fully saturated rings. The third-order valence-electron chi connectivity index (χ3n) is 2.83. The van der Waals surface area contributed by atoms with Crippen molar-refractivity contribution in [1.82, 2.24) is 0 Å². The summed E-state index contributed by atoms with van der Waals surface area (Å²) in [5.74, 6) is 0. The van der Waals surface area contributed by atoms with Crippen LogP contribution in [0.3, 0.4) is 0 Å². The molecule has 0 aliphatic heterocycles. The van der Waals surface area contributed by atoms with E-state index in [1.54, 1.807) is 0 Å². The molecule has 0 spiro atoms. The molecule has 1 unspecified atom stereocenters. The second kappa shape index (κ2) is 7.73. The lowest BCUT2D eigenvalue weighted by atomic mass is 10.3. The minimum Gasteiger partial charge on any atom is -0.309 e. The van der Waals surface area contributed by atoms with Crippen molar-refractivity contribution >= 4 is 15.7 Å². The number of rotatable bonds is 9. The molecule has 0 rings (SSSR count). The van der Waals surface area contributed by atoms with E-state index in [2.05, 4.69) is 26.6 Å². The average Bonchev–Trinajstić information content (AvgIpc) is 2.16. The van der Waals surface area contributed by atoms with Gasteiger partial charge in [0.05, 0.1) is 26.6 Å². The topological polar surface area (TPSA) is 35.5 Å². The molecule has 0 aromatic rings. The summed E-state index contributed by atoms with van der Waals surface area (Å²) < 4.78 is 23.9. The van der Waals surface area contributed by atoms with Crippen LogP contribution in [0.5, 0.6) is 0 Å². The van der Waals surface area contributed by atoms with Crippen LogP contribution in [0.1, 0.15) is 40.0 Å². The van der Waals surface area contributed by atoms with Crippen LogP contribution >= 0.6 is 7.60 Å². The molecule has 0 aliphatic rings. The van der Waals surface area contributed by atoms with Crippen LogP contribution in [-0.2, 0) is 13.6 Å². The molecular weight excluding hydrogens is 251 g/mol. The molecule has 0 aromatic carbocycles. The standard InChI is InChI=1S/C12H29O3PSi/c1-7-10-11-12(17(4,5)6)16(13,14-8-2)15-9-3/h12H,7-11H2,1-6H3. The second-order valence-electron chi connectivity index (χ2n) is 5.40. The van der Waals surface area contributed by atoms with Crippen LogP contribution < -0.4 is 0 Å². The van der Waals surface area contributed by atoms with Crippen LogP contribution in [0.25, 0.3) is 0 Å². The molecule has 0 radical (unpaired) electrons. The Morgan fingerprint density at radius 2 is 1.53 bits per heavy atom. The first-order valence-corrected chi connectivity index (χ1v) is 11.9. The van der Waals surface area contributed by atoms with E-state index in [4.69, 9.17) is 9.05 Å². The van der Waals surface area contributed by atoms with Gasteiger partial charge in [-0.05, 0) is 20.3 Å². The highest BCUT2D eigenvalue weighted by atomic mass is 31.2. The fourth-order valence-electron chi connectivity index (χ4n) is 2.04. The van der Waals surface area contributed by atoms with E-state index in [9.17, 15) is 4.57 Å². The predicted molar refractivity (Wildman–Crippen MR) is 77.5 cm³/mol. The van der Waals surface area contributed by atoms with Gasteiger partial charge in [0.2, 0.25) is 0 Å². The highest BCUT2D eigenvalue weighted by Gasteiger charge is 2.43. The van der Waals surface area contributed by atoms with Gasteiger partial charge in [-0.3, -0.25) is 4.57 Å². The molecule has 3 nitrogen and oxygen atoms in total. The molecule has 5 heteroatoms. The lowest BCUT2D eigenvalue weighted by Crippen LogP contribution is -2.39. The van der Waals surface area contributed by atoms with Crippen LogP contribution in [0.2, 0.25) is 19.6 Å². The molecule has 0 bridgehead atoms. The molecule has 104 valence electrons. The second-order valence-corrected chi connectivity index (χ2v) is 13.5. The van der Waals surface area contributed by atoms with E-state index < -0.39 is 15.7 Å². The molecule has 0 aliphatic carbocycles. The zero-order chi connectivity index (χ0) is 13.5. The minimum atomic E-state index is -2.92. The van der Waals surface area contributed by atoms with Crippen molar-refractivity contribution in [1.29, 1.82) is 0 Å². The van der Waals surface area contributed by atoms with Gasteiger partial charge in [0.25, 0.3) is 0 Å². The van der Waals surface area contributed by atoms with Gasteiger partial charge in [-0.2, -0.15) is 0 Å². The monoisotopic (exact) mass is 280 g/mol. The smallest absolute Gasteiger partial charge is 0.309 e. The summed E-state index contributed by atoms with van der Waals surface area (Å²) in [7, 11) is -4.47. The molecule has 0 saturated heterocycles. The number of unbranched alkanes of at least 4 members (excludes halogenated alkanes) is 1. The minimum absolute atomic E-state index is 0.120. The molecule has 0 aromatic heterocycles. The van der Waals surface area contributed by atoms with Crippen LogP contribution in [0, 0.1) is 0 Å². The van der Waals surface area contributed by atoms with E-state index in [-0.39, 0.29) is 5.28 Å². The van der Waals surface area contributed by atoms with E-state index in [0.29, 0.717) is 13.2 Å². The summed E-state index contributed by atoms with van der Waals surface area (Å²) in [5.41, 5.74) is 0. The molecule has 0 amide bonds. The number of hydrogen-bond acceptors (Lipinski definition) is 3.